The van der Waals surface area contributed by atoms with Crippen LogP contribution in [0.1, 0.15) is 12.0 Å². The summed E-state index contributed by atoms with van der Waals surface area (Å²) in [5.74, 6) is 0.285. The summed E-state index contributed by atoms with van der Waals surface area (Å²) in [6.07, 6.45) is 3.82. The second kappa shape index (κ2) is 9.85. The SMILES string of the molecule is C=CC(=O)N1CCN(c2nc(NC3CCOC3)nc3c(F)c(-c4c(C)ccc5[nH]ncc45)c(Cl)cc23)CC1. The molecule has 2 aromatic heterocycles. The number of carbonyl (C=O) groups excluding carboxylic acids is 1. The van der Waals surface area contributed by atoms with Gasteiger partial charge in [-0.2, -0.15) is 10.1 Å². The van der Waals surface area contributed by atoms with Gasteiger partial charge in [-0.3, -0.25) is 9.89 Å². The lowest BCUT2D eigenvalue weighted by atomic mass is 9.95. The van der Waals surface area contributed by atoms with Crippen LogP contribution >= 0.6 is 11.6 Å². The van der Waals surface area contributed by atoms with Crippen molar-refractivity contribution in [2.75, 3.05) is 49.6 Å². The van der Waals surface area contributed by atoms with Crippen LogP contribution in [0.3, 0.4) is 0 Å². The topological polar surface area (TPSA) is 99.3 Å². The molecule has 2 aliphatic heterocycles. The molecule has 2 aromatic carbocycles. The average molecular weight is 536 g/mol. The smallest absolute Gasteiger partial charge is 0.246 e. The highest BCUT2D eigenvalue weighted by molar-refractivity contribution is 6.35. The van der Waals surface area contributed by atoms with E-state index in [0.29, 0.717) is 62.1 Å². The van der Waals surface area contributed by atoms with E-state index in [4.69, 9.17) is 21.3 Å². The number of aryl methyl sites for hydroxylation is 1. The first kappa shape index (κ1) is 24.6. The van der Waals surface area contributed by atoms with Crippen molar-refractivity contribution in [3.8, 4) is 11.1 Å². The van der Waals surface area contributed by atoms with Gasteiger partial charge in [-0.25, -0.2) is 9.37 Å². The second-order valence-electron chi connectivity index (χ2n) is 9.62. The van der Waals surface area contributed by atoms with E-state index in [9.17, 15) is 4.79 Å². The molecule has 11 heteroatoms. The molecule has 0 radical (unpaired) electrons. The van der Waals surface area contributed by atoms with Crippen LogP contribution < -0.4 is 10.2 Å². The second-order valence-corrected chi connectivity index (χ2v) is 10.0. The number of amides is 1. The lowest BCUT2D eigenvalue weighted by Crippen LogP contribution is -2.48. The van der Waals surface area contributed by atoms with Crippen LogP contribution in [0.15, 0.2) is 37.1 Å². The molecule has 6 rings (SSSR count). The van der Waals surface area contributed by atoms with E-state index in [1.165, 1.54) is 6.08 Å². The van der Waals surface area contributed by atoms with E-state index in [1.807, 2.05) is 24.0 Å². The van der Waals surface area contributed by atoms with Gasteiger partial charge in [-0.1, -0.05) is 24.2 Å². The molecule has 4 aromatic rings. The van der Waals surface area contributed by atoms with E-state index in [1.54, 1.807) is 17.2 Å². The van der Waals surface area contributed by atoms with Crippen LogP contribution in [0.25, 0.3) is 32.9 Å². The molecule has 196 valence electrons. The van der Waals surface area contributed by atoms with Crippen molar-refractivity contribution in [3.63, 3.8) is 0 Å². The Hall–Kier alpha value is -3.76. The number of nitrogens with zero attached hydrogens (tertiary/aromatic N) is 5. The van der Waals surface area contributed by atoms with Crippen LogP contribution in [-0.4, -0.2) is 76.4 Å². The van der Waals surface area contributed by atoms with Gasteiger partial charge in [0.2, 0.25) is 11.9 Å². The van der Waals surface area contributed by atoms with Crippen molar-refractivity contribution < 1.29 is 13.9 Å². The molecule has 1 amide bonds. The third-order valence-electron chi connectivity index (χ3n) is 7.27. The number of piperazine rings is 1. The number of halogens is 2. The monoisotopic (exact) mass is 535 g/mol. The van der Waals surface area contributed by atoms with Crippen molar-refractivity contribution in [1.29, 1.82) is 0 Å². The molecule has 2 saturated heterocycles. The molecular formula is C27H27ClFN7O2. The lowest BCUT2D eigenvalue weighted by Gasteiger charge is -2.35. The van der Waals surface area contributed by atoms with Crippen molar-refractivity contribution in [2.24, 2.45) is 0 Å². The van der Waals surface area contributed by atoms with Crippen molar-refractivity contribution in [2.45, 2.75) is 19.4 Å². The average Bonchev–Trinajstić information content (AvgIpc) is 3.62. The summed E-state index contributed by atoms with van der Waals surface area (Å²) >= 11 is 6.81. The number of nitrogens with one attached hydrogen (secondary N) is 2. The summed E-state index contributed by atoms with van der Waals surface area (Å²) in [6.45, 7) is 8.77. The number of H-pyrrole nitrogens is 1. The van der Waals surface area contributed by atoms with Gasteiger partial charge in [0.25, 0.3) is 0 Å². The molecular weight excluding hydrogens is 509 g/mol. The van der Waals surface area contributed by atoms with Gasteiger partial charge in [0.05, 0.1) is 29.4 Å². The predicted octanol–water partition coefficient (Wildman–Crippen LogP) is 4.31. The van der Waals surface area contributed by atoms with E-state index in [2.05, 4.69) is 27.1 Å². The van der Waals surface area contributed by atoms with Crippen LogP contribution in [-0.2, 0) is 9.53 Å². The molecule has 0 saturated carbocycles. The summed E-state index contributed by atoms with van der Waals surface area (Å²) in [5.41, 5.74) is 2.80. The van der Waals surface area contributed by atoms with Gasteiger partial charge in [-0.15, -0.1) is 0 Å². The molecule has 0 spiro atoms. The Morgan fingerprint density at radius 1 is 1.24 bits per heavy atom. The van der Waals surface area contributed by atoms with Crippen molar-refractivity contribution in [3.05, 3.63) is 53.5 Å². The molecule has 38 heavy (non-hydrogen) atoms. The molecule has 2 fully saturated rings. The van der Waals surface area contributed by atoms with E-state index >= 15 is 4.39 Å². The maximum absolute atomic E-state index is 16.5. The molecule has 2 N–H and O–H groups in total. The number of aromatic amines is 1. The molecule has 1 atom stereocenters. The Labute approximate surface area is 223 Å². The minimum Gasteiger partial charge on any atom is -0.379 e. The number of rotatable bonds is 5. The Bertz CT molecular complexity index is 1560. The Morgan fingerprint density at radius 3 is 2.79 bits per heavy atom. The summed E-state index contributed by atoms with van der Waals surface area (Å²) in [6, 6.07) is 5.61. The van der Waals surface area contributed by atoms with Gasteiger partial charge in [0.1, 0.15) is 11.3 Å². The van der Waals surface area contributed by atoms with E-state index < -0.39 is 5.82 Å². The quantitative estimate of drug-likeness (QED) is 0.367. The minimum absolute atomic E-state index is 0.0408. The number of hydrogen-bond acceptors (Lipinski definition) is 7. The number of ether oxygens (including phenoxy) is 1. The lowest BCUT2D eigenvalue weighted by molar-refractivity contribution is -0.126. The van der Waals surface area contributed by atoms with Crippen LogP contribution in [0.4, 0.5) is 16.2 Å². The Balaban J connectivity index is 1.50. The predicted molar refractivity (Wildman–Crippen MR) is 146 cm³/mol. The zero-order chi connectivity index (χ0) is 26.4. The van der Waals surface area contributed by atoms with Crippen LogP contribution in [0, 0.1) is 12.7 Å². The number of hydrogen-bond donors (Lipinski definition) is 2. The highest BCUT2D eigenvalue weighted by Crippen LogP contribution is 2.42. The van der Waals surface area contributed by atoms with Gasteiger partial charge < -0.3 is 19.9 Å². The Morgan fingerprint density at radius 2 is 2.05 bits per heavy atom. The van der Waals surface area contributed by atoms with Crippen molar-refractivity contribution >= 4 is 51.1 Å². The zero-order valence-electron chi connectivity index (χ0n) is 20.9. The van der Waals surface area contributed by atoms with Crippen LogP contribution in [0.2, 0.25) is 5.02 Å². The fraction of sp³-hybridized carbons (Fsp3) is 0.333. The fourth-order valence-electron chi connectivity index (χ4n) is 5.27. The van der Waals surface area contributed by atoms with Crippen LogP contribution in [0.5, 0.6) is 0 Å². The van der Waals surface area contributed by atoms with E-state index in [-0.39, 0.29) is 28.1 Å². The number of carbonyl (C=O) groups is 1. The fourth-order valence-corrected chi connectivity index (χ4v) is 5.56. The number of anilines is 2. The number of benzene rings is 2. The van der Waals surface area contributed by atoms with Crippen molar-refractivity contribution in [1.82, 2.24) is 25.1 Å². The molecule has 0 bridgehead atoms. The third-order valence-corrected chi connectivity index (χ3v) is 7.57. The van der Waals surface area contributed by atoms with Gasteiger partial charge in [-0.05, 0) is 37.1 Å². The minimum atomic E-state index is -0.515. The molecule has 1 unspecified atom stereocenters. The standard InChI is InChI=1S/C27H27ClFN7O2/c1-3-21(37)35-7-9-36(10-8-35)26-17-12-19(28)23(22-15(2)4-5-20-18(22)13-30-34-20)24(29)25(17)32-27(33-26)31-16-6-11-38-14-16/h3-5,12-13,16H,1,6-11,14H2,2H3,(H,30,34)(H,31,32,33). The first-order valence-corrected chi connectivity index (χ1v) is 13.0. The summed E-state index contributed by atoms with van der Waals surface area (Å²) < 4.78 is 22.0. The Kier molecular flexibility index (Phi) is 6.37. The molecule has 4 heterocycles. The molecule has 2 aliphatic rings. The third kappa shape index (κ3) is 4.23. The first-order valence-electron chi connectivity index (χ1n) is 12.6. The van der Waals surface area contributed by atoms with Gasteiger partial charge in [0, 0.05) is 54.7 Å². The normalized spacial score (nSPS) is 17.9. The maximum Gasteiger partial charge on any atom is 0.246 e. The summed E-state index contributed by atoms with van der Waals surface area (Å²) in [4.78, 5) is 25.3. The number of aromatic nitrogens is 4. The zero-order valence-corrected chi connectivity index (χ0v) is 21.7. The highest BCUT2D eigenvalue weighted by Gasteiger charge is 2.27. The summed E-state index contributed by atoms with van der Waals surface area (Å²) in [7, 11) is 0. The maximum atomic E-state index is 16.5. The largest absolute Gasteiger partial charge is 0.379 e. The molecule has 9 nitrogen and oxygen atoms in total. The first-order chi connectivity index (χ1) is 18.4. The van der Waals surface area contributed by atoms with Gasteiger partial charge >= 0.3 is 0 Å². The molecule has 0 aliphatic carbocycles. The van der Waals surface area contributed by atoms with Gasteiger partial charge in [0.15, 0.2) is 5.82 Å². The van der Waals surface area contributed by atoms with E-state index in [0.717, 1.165) is 22.9 Å². The summed E-state index contributed by atoms with van der Waals surface area (Å²) in [5, 5.41) is 12.0. The number of fused-ring (bicyclic) bond motifs is 2. The highest BCUT2D eigenvalue weighted by atomic mass is 35.5.